The molecule has 0 aromatic heterocycles. The molecule has 2 N–H and O–H groups in total. The van der Waals surface area contributed by atoms with Crippen molar-refractivity contribution in [3.63, 3.8) is 0 Å². The van der Waals surface area contributed by atoms with Crippen LogP contribution >= 0.6 is 0 Å². The molecule has 0 radical (unpaired) electrons. The van der Waals surface area contributed by atoms with Gasteiger partial charge in [-0.3, -0.25) is 4.55 Å². The van der Waals surface area contributed by atoms with Crippen LogP contribution < -0.4 is 0 Å². The highest BCUT2D eigenvalue weighted by atomic mass is 32.2. The molecule has 0 spiro atoms. The monoisotopic (exact) mass is 354 g/mol. The van der Waals surface area contributed by atoms with Crippen molar-refractivity contribution in [1.29, 1.82) is 0 Å². The third-order valence-electron chi connectivity index (χ3n) is 5.74. The van der Waals surface area contributed by atoms with Crippen LogP contribution in [0.4, 0.5) is 8.78 Å². The van der Waals surface area contributed by atoms with Crippen molar-refractivity contribution >= 4 is 16.1 Å². The number of aliphatic hydroxyl groups is 1. The molecule has 2 unspecified atom stereocenters. The Bertz CT molecular complexity index is 615. The van der Waals surface area contributed by atoms with Gasteiger partial charge in [-0.05, 0) is 49.4 Å². The Labute approximate surface area is 132 Å². The van der Waals surface area contributed by atoms with Crippen LogP contribution in [0.25, 0.3) is 0 Å². The maximum atomic E-state index is 13.3. The van der Waals surface area contributed by atoms with Gasteiger partial charge in [0.1, 0.15) is 0 Å². The minimum absolute atomic E-state index is 0.0109. The van der Waals surface area contributed by atoms with Crippen molar-refractivity contribution in [3.05, 3.63) is 0 Å². The lowest BCUT2D eigenvalue weighted by Crippen LogP contribution is -2.58. The Hall–Kier alpha value is -0.800. The Morgan fingerprint density at radius 3 is 2.26 bits per heavy atom. The van der Waals surface area contributed by atoms with E-state index in [9.17, 15) is 27.1 Å². The van der Waals surface area contributed by atoms with Gasteiger partial charge in [-0.1, -0.05) is 6.92 Å². The van der Waals surface area contributed by atoms with Crippen LogP contribution in [-0.4, -0.2) is 42.0 Å². The first-order valence-corrected chi connectivity index (χ1v) is 9.02. The van der Waals surface area contributed by atoms with Crippen molar-refractivity contribution in [1.82, 2.24) is 0 Å². The number of hydrogen-bond acceptors (Lipinski definition) is 5. The second-order valence-electron chi connectivity index (χ2n) is 7.88. The molecule has 0 aromatic carbocycles. The van der Waals surface area contributed by atoms with E-state index in [1.54, 1.807) is 0 Å². The van der Waals surface area contributed by atoms with Crippen molar-refractivity contribution in [2.24, 2.45) is 22.7 Å². The molecule has 4 rings (SSSR count). The van der Waals surface area contributed by atoms with Gasteiger partial charge in [0.15, 0.2) is 0 Å². The van der Waals surface area contributed by atoms with Gasteiger partial charge < -0.3 is 9.84 Å². The summed E-state index contributed by atoms with van der Waals surface area (Å²) in [6.45, 7) is 1.77. The van der Waals surface area contributed by atoms with Crippen LogP contribution in [0.1, 0.15) is 39.0 Å². The molecule has 0 amide bonds. The Balaban J connectivity index is 1.73. The maximum absolute atomic E-state index is 13.3. The van der Waals surface area contributed by atoms with Crippen molar-refractivity contribution in [2.75, 3.05) is 6.61 Å². The third kappa shape index (κ3) is 2.66. The largest absolute Gasteiger partial charge is 0.465 e. The molecule has 4 aliphatic rings. The Morgan fingerprint density at radius 1 is 1.26 bits per heavy atom. The van der Waals surface area contributed by atoms with E-state index in [1.165, 1.54) is 0 Å². The average Bonchev–Trinajstić information content (AvgIpc) is 2.39. The molecule has 4 bridgehead atoms. The summed E-state index contributed by atoms with van der Waals surface area (Å²) in [6, 6.07) is 0. The average molecular weight is 354 g/mol. The van der Waals surface area contributed by atoms with E-state index in [0.29, 0.717) is 19.3 Å². The van der Waals surface area contributed by atoms with Crippen LogP contribution in [0.5, 0.6) is 0 Å². The van der Waals surface area contributed by atoms with Crippen LogP contribution in [0, 0.1) is 22.7 Å². The van der Waals surface area contributed by atoms with Gasteiger partial charge in [0.2, 0.25) is 0 Å². The highest BCUT2D eigenvalue weighted by Gasteiger charge is 2.61. The molecule has 23 heavy (non-hydrogen) atoms. The maximum Gasteiger partial charge on any atom is 0.465 e. The summed E-state index contributed by atoms with van der Waals surface area (Å²) in [5, 5.41) is 5.27. The summed E-state index contributed by atoms with van der Waals surface area (Å²) >= 11 is 0. The molecule has 0 saturated heterocycles. The molecule has 0 heterocycles. The zero-order valence-corrected chi connectivity index (χ0v) is 13.5. The Morgan fingerprint density at radius 2 is 1.78 bits per heavy atom. The topological polar surface area (TPSA) is 101 Å². The summed E-state index contributed by atoms with van der Waals surface area (Å²) < 4.78 is 60.7. The highest BCUT2D eigenvalue weighted by Crippen LogP contribution is 2.65. The summed E-state index contributed by atoms with van der Waals surface area (Å²) in [5.74, 6) is -2.13. The molecule has 4 aliphatic carbocycles. The number of carbonyl (C=O) groups is 1. The Kier molecular flexibility index (Phi) is 3.60. The molecule has 0 aromatic rings. The zero-order valence-electron chi connectivity index (χ0n) is 12.7. The van der Waals surface area contributed by atoms with Crippen LogP contribution in [0.3, 0.4) is 0 Å². The smallest absolute Gasteiger partial charge is 0.460 e. The number of rotatable bonds is 4. The molecule has 0 aliphatic heterocycles. The predicted molar refractivity (Wildman–Crippen MR) is 74.1 cm³/mol. The quantitative estimate of drug-likeness (QED) is 0.587. The second kappa shape index (κ2) is 4.86. The summed E-state index contributed by atoms with van der Waals surface area (Å²) in [5.41, 5.74) is -0.506. The highest BCUT2D eigenvalue weighted by molar-refractivity contribution is 7.87. The predicted octanol–water partition coefficient (Wildman–Crippen LogP) is 1.59. The van der Waals surface area contributed by atoms with Gasteiger partial charge in [0, 0.05) is 5.41 Å². The van der Waals surface area contributed by atoms with E-state index in [0.717, 1.165) is 12.8 Å². The van der Waals surface area contributed by atoms with Gasteiger partial charge in [-0.2, -0.15) is 17.2 Å². The number of alkyl halides is 2. The van der Waals surface area contributed by atoms with Crippen LogP contribution in [-0.2, 0) is 19.6 Å². The second-order valence-corrected chi connectivity index (χ2v) is 9.35. The van der Waals surface area contributed by atoms with Crippen molar-refractivity contribution in [3.8, 4) is 0 Å². The fraction of sp³-hybridized carbons (Fsp3) is 0.929. The molecule has 132 valence electrons. The van der Waals surface area contributed by atoms with E-state index in [4.69, 9.17) is 4.55 Å². The SMILES string of the molecule is CC12CC3CC(COC(=O)C(F)(F)S(=O)(=O)O)(CC(C1)C3O)C2. The molecule has 9 heteroatoms. The summed E-state index contributed by atoms with van der Waals surface area (Å²) in [7, 11) is -5.85. The number of esters is 1. The lowest BCUT2D eigenvalue weighted by molar-refractivity contribution is -0.196. The molecular formula is C14H20F2O6S. The number of ether oxygens (including phenoxy) is 1. The van der Waals surface area contributed by atoms with E-state index in [-0.39, 0.29) is 23.9 Å². The molecular weight excluding hydrogens is 334 g/mol. The van der Waals surface area contributed by atoms with Crippen molar-refractivity contribution < 1.29 is 36.4 Å². The minimum Gasteiger partial charge on any atom is -0.460 e. The van der Waals surface area contributed by atoms with E-state index < -0.39 is 32.9 Å². The number of carbonyl (C=O) groups excluding carboxylic acids is 1. The van der Waals surface area contributed by atoms with Crippen molar-refractivity contribution in [2.45, 2.75) is 50.4 Å². The van der Waals surface area contributed by atoms with E-state index >= 15 is 0 Å². The van der Waals surface area contributed by atoms with E-state index in [1.807, 2.05) is 0 Å². The molecule has 4 fully saturated rings. The fourth-order valence-corrected chi connectivity index (χ4v) is 5.60. The lowest BCUT2D eigenvalue weighted by Gasteiger charge is -2.62. The standard InChI is InChI=1S/C14H20F2O6S/c1-12-2-8-4-13(6-12,5-9(3-12)10(8)17)7-22-11(18)14(15,16)23(19,20)21/h8-10,17H,2-7H2,1H3,(H,19,20,21). The minimum atomic E-state index is -5.85. The van der Waals surface area contributed by atoms with Crippen LogP contribution in [0.2, 0.25) is 0 Å². The van der Waals surface area contributed by atoms with Gasteiger partial charge in [-0.15, -0.1) is 0 Å². The lowest BCUT2D eigenvalue weighted by atomic mass is 9.44. The van der Waals surface area contributed by atoms with Gasteiger partial charge in [0.05, 0.1) is 12.7 Å². The van der Waals surface area contributed by atoms with Gasteiger partial charge in [0.25, 0.3) is 0 Å². The van der Waals surface area contributed by atoms with Crippen LogP contribution in [0.15, 0.2) is 0 Å². The first-order valence-electron chi connectivity index (χ1n) is 7.58. The first-order chi connectivity index (χ1) is 10.4. The number of halogens is 2. The molecule has 2 atom stereocenters. The summed E-state index contributed by atoms with van der Waals surface area (Å²) in [6.07, 6.45) is 3.16. The molecule has 6 nitrogen and oxygen atoms in total. The summed E-state index contributed by atoms with van der Waals surface area (Å²) in [4.78, 5) is 11.4. The zero-order chi connectivity index (χ0) is 17.3. The van der Waals surface area contributed by atoms with Gasteiger partial charge >= 0.3 is 21.3 Å². The number of aliphatic hydroxyl groups excluding tert-OH is 1. The molecule has 4 saturated carbocycles. The fourth-order valence-electron chi connectivity index (χ4n) is 5.33. The van der Waals surface area contributed by atoms with E-state index in [2.05, 4.69) is 11.7 Å². The third-order valence-corrected chi connectivity index (χ3v) is 6.55. The van der Waals surface area contributed by atoms with Gasteiger partial charge in [-0.25, -0.2) is 4.79 Å². The normalized spacial score (nSPS) is 42.7. The first kappa shape index (κ1) is 17.0. The number of hydrogen-bond donors (Lipinski definition) is 2.